The summed E-state index contributed by atoms with van der Waals surface area (Å²) in [7, 11) is 0. The molecule has 2 N–H and O–H groups in total. The van der Waals surface area contributed by atoms with Gasteiger partial charge in [0, 0.05) is 25.2 Å². The number of nitrogens with zero attached hydrogens (tertiary/aromatic N) is 2. The second-order valence-corrected chi connectivity index (χ2v) is 4.90. The summed E-state index contributed by atoms with van der Waals surface area (Å²) in [5.41, 5.74) is 0.481. The fraction of sp³-hybridized carbons (Fsp3) is 0.429. The number of likely N-dealkylation sites (tertiary alicyclic amines) is 1. The van der Waals surface area contributed by atoms with E-state index >= 15 is 0 Å². The highest BCUT2D eigenvalue weighted by Crippen LogP contribution is 2.23. The highest BCUT2D eigenvalue weighted by atomic mass is 19.1. The Morgan fingerprint density at radius 1 is 1.38 bits per heavy atom. The number of aliphatic hydroxyl groups is 1. The molecule has 2 unspecified atom stereocenters. The molecule has 1 fully saturated rings. The fourth-order valence-electron chi connectivity index (χ4n) is 2.46. The third-order valence-corrected chi connectivity index (χ3v) is 3.50. The summed E-state index contributed by atoms with van der Waals surface area (Å²) < 4.78 is 13.0. The molecule has 7 heteroatoms. The van der Waals surface area contributed by atoms with Crippen LogP contribution in [0.5, 0.6) is 0 Å². The average Bonchev–Trinajstić information content (AvgIpc) is 2.84. The van der Waals surface area contributed by atoms with E-state index in [2.05, 4.69) is 0 Å². The predicted molar refractivity (Wildman–Crippen MR) is 73.6 cm³/mol. The van der Waals surface area contributed by atoms with Crippen molar-refractivity contribution in [3.05, 3.63) is 30.1 Å². The normalized spacial score (nSPS) is 21.4. The molecule has 1 aromatic rings. The van der Waals surface area contributed by atoms with E-state index in [1.807, 2.05) is 0 Å². The molecule has 1 heterocycles. The van der Waals surface area contributed by atoms with Crippen LogP contribution in [0, 0.1) is 5.82 Å². The van der Waals surface area contributed by atoms with E-state index in [-0.39, 0.29) is 13.0 Å². The summed E-state index contributed by atoms with van der Waals surface area (Å²) in [4.78, 5) is 26.2. The number of carboxylic acid groups (broad SMARTS) is 1. The number of carbonyl (C=O) groups is 2. The zero-order chi connectivity index (χ0) is 15.6. The zero-order valence-electron chi connectivity index (χ0n) is 11.6. The van der Waals surface area contributed by atoms with Gasteiger partial charge in [0.15, 0.2) is 0 Å². The van der Waals surface area contributed by atoms with Crippen LogP contribution in [-0.4, -0.2) is 52.3 Å². The first-order valence-corrected chi connectivity index (χ1v) is 6.68. The molecule has 0 saturated carbocycles. The van der Waals surface area contributed by atoms with Gasteiger partial charge in [0.1, 0.15) is 11.9 Å². The molecule has 1 aliphatic heterocycles. The number of rotatable bonds is 3. The molecule has 2 amide bonds. The Morgan fingerprint density at radius 3 is 2.52 bits per heavy atom. The summed E-state index contributed by atoms with van der Waals surface area (Å²) in [6.45, 7) is 2.03. The van der Waals surface area contributed by atoms with Crippen molar-refractivity contribution in [3.8, 4) is 0 Å². The number of carboxylic acids is 1. The Kier molecular flexibility index (Phi) is 4.42. The zero-order valence-corrected chi connectivity index (χ0v) is 11.6. The summed E-state index contributed by atoms with van der Waals surface area (Å²) in [5, 5.41) is 18.7. The molecule has 21 heavy (non-hydrogen) atoms. The minimum absolute atomic E-state index is 0.0159. The molecule has 0 radical (unpaired) electrons. The molecule has 0 aromatic heterocycles. The van der Waals surface area contributed by atoms with Crippen molar-refractivity contribution in [2.24, 2.45) is 0 Å². The lowest BCUT2D eigenvalue weighted by Gasteiger charge is -2.29. The maximum absolute atomic E-state index is 13.0. The number of β-amino-alcohol motifs (C(OH)–C–C–N with tert-alkyl or cyclic N) is 1. The Bertz CT molecular complexity index is 534. The topological polar surface area (TPSA) is 81.1 Å². The summed E-state index contributed by atoms with van der Waals surface area (Å²) in [5.74, 6) is -1.56. The molecule has 0 bridgehead atoms. The quantitative estimate of drug-likeness (QED) is 0.880. The molecule has 114 valence electrons. The highest BCUT2D eigenvalue weighted by Gasteiger charge is 2.40. The van der Waals surface area contributed by atoms with Gasteiger partial charge in [-0.1, -0.05) is 0 Å². The number of aliphatic carboxylic acids is 1. The van der Waals surface area contributed by atoms with Crippen LogP contribution >= 0.6 is 0 Å². The lowest BCUT2D eigenvalue weighted by Crippen LogP contribution is -2.48. The van der Waals surface area contributed by atoms with Gasteiger partial charge in [0.2, 0.25) is 0 Å². The van der Waals surface area contributed by atoms with Crippen LogP contribution in [0.2, 0.25) is 0 Å². The van der Waals surface area contributed by atoms with E-state index in [1.54, 1.807) is 6.92 Å². The number of carbonyl (C=O) groups excluding carboxylic acids is 1. The van der Waals surface area contributed by atoms with E-state index in [0.717, 1.165) is 4.90 Å². The van der Waals surface area contributed by atoms with E-state index < -0.39 is 30.0 Å². The van der Waals surface area contributed by atoms with E-state index in [1.165, 1.54) is 29.2 Å². The van der Waals surface area contributed by atoms with Crippen molar-refractivity contribution in [2.45, 2.75) is 25.5 Å². The van der Waals surface area contributed by atoms with Crippen LogP contribution in [0.25, 0.3) is 0 Å². The van der Waals surface area contributed by atoms with E-state index in [4.69, 9.17) is 5.11 Å². The number of aliphatic hydroxyl groups excluding tert-OH is 1. The maximum atomic E-state index is 13.0. The van der Waals surface area contributed by atoms with E-state index in [9.17, 15) is 19.1 Å². The Labute approximate surface area is 121 Å². The third kappa shape index (κ3) is 3.13. The van der Waals surface area contributed by atoms with Gasteiger partial charge in [0.05, 0.1) is 6.10 Å². The van der Waals surface area contributed by atoms with Crippen LogP contribution in [0.3, 0.4) is 0 Å². The molecular weight excluding hydrogens is 279 g/mol. The molecule has 1 saturated heterocycles. The fourth-order valence-corrected chi connectivity index (χ4v) is 2.46. The summed E-state index contributed by atoms with van der Waals surface area (Å²) in [6.07, 6.45) is -0.829. The number of benzene rings is 1. The lowest BCUT2D eigenvalue weighted by atomic mass is 10.2. The van der Waals surface area contributed by atoms with Gasteiger partial charge in [-0.2, -0.15) is 0 Å². The molecule has 1 aromatic carbocycles. The SMILES string of the molecule is CCN(C(=O)N1CC(O)CC1C(=O)O)c1ccc(F)cc1. The molecular formula is C14H17FN2O4. The van der Waals surface area contributed by atoms with Gasteiger partial charge in [0.25, 0.3) is 0 Å². The van der Waals surface area contributed by atoms with Crippen molar-refractivity contribution < 1.29 is 24.2 Å². The average molecular weight is 296 g/mol. The number of anilines is 1. The first kappa shape index (κ1) is 15.2. The van der Waals surface area contributed by atoms with Gasteiger partial charge >= 0.3 is 12.0 Å². The van der Waals surface area contributed by atoms with Gasteiger partial charge in [-0.05, 0) is 31.2 Å². The maximum Gasteiger partial charge on any atom is 0.326 e. The summed E-state index contributed by atoms with van der Waals surface area (Å²) in [6, 6.07) is 3.84. The van der Waals surface area contributed by atoms with Gasteiger partial charge < -0.3 is 15.1 Å². The minimum Gasteiger partial charge on any atom is -0.480 e. The highest BCUT2D eigenvalue weighted by molar-refractivity contribution is 5.94. The second-order valence-electron chi connectivity index (χ2n) is 4.90. The van der Waals surface area contributed by atoms with Gasteiger partial charge in [-0.3, -0.25) is 4.90 Å². The van der Waals surface area contributed by atoms with Crippen molar-refractivity contribution >= 4 is 17.7 Å². The monoisotopic (exact) mass is 296 g/mol. The van der Waals surface area contributed by atoms with Crippen LogP contribution in [0.1, 0.15) is 13.3 Å². The molecule has 0 aliphatic carbocycles. The van der Waals surface area contributed by atoms with Crippen molar-refractivity contribution in [2.75, 3.05) is 18.0 Å². The first-order valence-electron chi connectivity index (χ1n) is 6.68. The molecule has 1 aliphatic rings. The van der Waals surface area contributed by atoms with Crippen molar-refractivity contribution in [3.63, 3.8) is 0 Å². The Balaban J connectivity index is 2.23. The number of amides is 2. The smallest absolute Gasteiger partial charge is 0.326 e. The molecule has 2 atom stereocenters. The number of hydrogen-bond acceptors (Lipinski definition) is 3. The van der Waals surface area contributed by atoms with Crippen molar-refractivity contribution in [1.29, 1.82) is 0 Å². The van der Waals surface area contributed by atoms with Crippen LogP contribution in [0.15, 0.2) is 24.3 Å². The van der Waals surface area contributed by atoms with Gasteiger partial charge in [-0.25, -0.2) is 14.0 Å². The molecule has 0 spiro atoms. The number of halogens is 1. The predicted octanol–water partition coefficient (Wildman–Crippen LogP) is 1.29. The first-order chi connectivity index (χ1) is 9.93. The summed E-state index contributed by atoms with van der Waals surface area (Å²) >= 11 is 0. The van der Waals surface area contributed by atoms with Crippen molar-refractivity contribution in [1.82, 2.24) is 4.90 Å². The number of hydrogen-bond donors (Lipinski definition) is 2. The largest absolute Gasteiger partial charge is 0.480 e. The third-order valence-electron chi connectivity index (χ3n) is 3.50. The van der Waals surface area contributed by atoms with Crippen LogP contribution in [0.4, 0.5) is 14.9 Å². The van der Waals surface area contributed by atoms with E-state index in [0.29, 0.717) is 12.2 Å². The standard InChI is InChI=1S/C14H17FN2O4/c1-2-16(10-5-3-9(15)4-6-10)14(21)17-8-11(18)7-12(17)13(19)20/h3-6,11-12,18H,2,7-8H2,1H3,(H,19,20). The minimum atomic E-state index is -1.14. The Morgan fingerprint density at radius 2 is 2.00 bits per heavy atom. The van der Waals surface area contributed by atoms with Crippen LogP contribution < -0.4 is 4.90 Å². The molecule has 6 nitrogen and oxygen atoms in total. The lowest BCUT2D eigenvalue weighted by molar-refractivity contribution is -0.141. The van der Waals surface area contributed by atoms with Crippen LogP contribution in [-0.2, 0) is 4.79 Å². The second kappa shape index (κ2) is 6.09. The Hall–Kier alpha value is -2.15. The molecule has 2 rings (SSSR count). The van der Waals surface area contributed by atoms with Gasteiger partial charge in [-0.15, -0.1) is 0 Å². The number of urea groups is 1.